The molecule has 0 aliphatic carbocycles. The van der Waals surface area contributed by atoms with Crippen LogP contribution < -0.4 is 5.32 Å². The Labute approximate surface area is 157 Å². The average molecular weight is 368 g/mol. The van der Waals surface area contributed by atoms with Crippen molar-refractivity contribution in [3.8, 4) is 0 Å². The van der Waals surface area contributed by atoms with Crippen LogP contribution in [0.2, 0.25) is 0 Å². The van der Waals surface area contributed by atoms with Crippen molar-refractivity contribution >= 4 is 23.1 Å². The molecule has 5 nitrogen and oxygen atoms in total. The zero-order valence-electron chi connectivity index (χ0n) is 15.1. The summed E-state index contributed by atoms with van der Waals surface area (Å²) in [6.07, 6.45) is 0.567. The summed E-state index contributed by atoms with van der Waals surface area (Å²) in [5.41, 5.74) is 1.72. The SMILES string of the molecule is CCOCCCN1C(=O)C(Nc2ccc(F)cc2)=C(c2ccccc2)C1=O. The van der Waals surface area contributed by atoms with Gasteiger partial charge < -0.3 is 10.1 Å². The molecule has 3 rings (SSSR count). The molecule has 0 atom stereocenters. The van der Waals surface area contributed by atoms with Gasteiger partial charge in [0.25, 0.3) is 11.8 Å². The lowest BCUT2D eigenvalue weighted by molar-refractivity contribution is -0.137. The standard InChI is InChI=1S/C21H21FN2O3/c1-2-27-14-6-13-24-20(25)18(15-7-4-3-5-8-15)19(21(24)26)23-17-11-9-16(22)10-12-17/h3-5,7-12,23H,2,6,13-14H2,1H3. The minimum Gasteiger partial charge on any atom is -0.382 e. The summed E-state index contributed by atoms with van der Waals surface area (Å²) in [4.78, 5) is 27.1. The summed E-state index contributed by atoms with van der Waals surface area (Å²) in [7, 11) is 0. The maximum atomic E-state index is 13.2. The first kappa shape index (κ1) is 18.8. The van der Waals surface area contributed by atoms with Crippen LogP contribution in [0.5, 0.6) is 0 Å². The van der Waals surface area contributed by atoms with Crippen molar-refractivity contribution < 1.29 is 18.7 Å². The van der Waals surface area contributed by atoms with Gasteiger partial charge in [-0.15, -0.1) is 0 Å². The summed E-state index contributed by atoms with van der Waals surface area (Å²) in [6, 6.07) is 14.7. The molecule has 1 heterocycles. The average Bonchev–Trinajstić information content (AvgIpc) is 2.91. The van der Waals surface area contributed by atoms with Gasteiger partial charge in [-0.25, -0.2) is 4.39 Å². The second-order valence-corrected chi connectivity index (χ2v) is 6.06. The quantitative estimate of drug-likeness (QED) is 0.573. The van der Waals surface area contributed by atoms with Gasteiger partial charge in [-0.1, -0.05) is 30.3 Å². The maximum Gasteiger partial charge on any atom is 0.278 e. The van der Waals surface area contributed by atoms with E-state index in [2.05, 4.69) is 5.32 Å². The van der Waals surface area contributed by atoms with Crippen LogP contribution in [0.4, 0.5) is 10.1 Å². The largest absolute Gasteiger partial charge is 0.382 e. The lowest BCUT2D eigenvalue weighted by Gasteiger charge is -2.15. The fourth-order valence-electron chi connectivity index (χ4n) is 2.91. The van der Waals surface area contributed by atoms with Gasteiger partial charge in [-0.2, -0.15) is 0 Å². The predicted octanol–water partition coefficient (Wildman–Crippen LogP) is 3.44. The molecule has 1 aliphatic rings. The third-order valence-corrected chi connectivity index (χ3v) is 4.22. The van der Waals surface area contributed by atoms with Crippen LogP contribution in [-0.4, -0.2) is 36.5 Å². The second-order valence-electron chi connectivity index (χ2n) is 6.06. The van der Waals surface area contributed by atoms with Gasteiger partial charge in [0.05, 0.1) is 5.57 Å². The number of amides is 2. The molecule has 2 amide bonds. The Morgan fingerprint density at radius 2 is 1.70 bits per heavy atom. The Balaban J connectivity index is 1.90. The highest BCUT2D eigenvalue weighted by Gasteiger charge is 2.38. The van der Waals surface area contributed by atoms with Crippen LogP contribution in [0.1, 0.15) is 18.9 Å². The molecule has 0 bridgehead atoms. The predicted molar refractivity (Wildman–Crippen MR) is 101 cm³/mol. The minimum atomic E-state index is -0.389. The van der Waals surface area contributed by atoms with Crippen LogP contribution in [0.25, 0.3) is 5.57 Å². The third-order valence-electron chi connectivity index (χ3n) is 4.22. The molecule has 0 saturated carbocycles. The van der Waals surface area contributed by atoms with E-state index in [1.54, 1.807) is 12.1 Å². The van der Waals surface area contributed by atoms with Gasteiger partial charge in [0, 0.05) is 25.4 Å². The van der Waals surface area contributed by atoms with Gasteiger partial charge >= 0.3 is 0 Å². The van der Waals surface area contributed by atoms with Crippen molar-refractivity contribution in [3.63, 3.8) is 0 Å². The molecule has 0 fully saturated rings. The Hall–Kier alpha value is -2.99. The number of hydrogen-bond acceptors (Lipinski definition) is 4. The van der Waals surface area contributed by atoms with Crippen molar-refractivity contribution in [2.24, 2.45) is 0 Å². The molecule has 0 radical (unpaired) electrons. The Morgan fingerprint density at radius 1 is 1.00 bits per heavy atom. The summed E-state index contributed by atoms with van der Waals surface area (Å²) in [6.45, 7) is 3.25. The van der Waals surface area contributed by atoms with E-state index in [1.165, 1.54) is 29.2 Å². The van der Waals surface area contributed by atoms with Crippen LogP contribution in [0, 0.1) is 5.82 Å². The van der Waals surface area contributed by atoms with Gasteiger partial charge in [0.2, 0.25) is 0 Å². The number of benzene rings is 2. The summed E-state index contributed by atoms with van der Waals surface area (Å²) < 4.78 is 18.5. The van der Waals surface area contributed by atoms with E-state index in [0.717, 1.165) is 0 Å². The fraction of sp³-hybridized carbons (Fsp3) is 0.238. The van der Waals surface area contributed by atoms with Gasteiger partial charge in [0.15, 0.2) is 0 Å². The zero-order valence-corrected chi connectivity index (χ0v) is 15.1. The van der Waals surface area contributed by atoms with Crippen molar-refractivity contribution in [1.82, 2.24) is 4.90 Å². The second kappa shape index (κ2) is 8.60. The van der Waals surface area contributed by atoms with E-state index in [-0.39, 0.29) is 29.9 Å². The van der Waals surface area contributed by atoms with Crippen molar-refractivity contribution in [1.29, 1.82) is 0 Å². The van der Waals surface area contributed by atoms with E-state index >= 15 is 0 Å². The molecule has 0 saturated heterocycles. The van der Waals surface area contributed by atoms with Gasteiger partial charge in [0.1, 0.15) is 11.5 Å². The van der Waals surface area contributed by atoms with E-state index in [9.17, 15) is 14.0 Å². The molecule has 6 heteroatoms. The summed E-state index contributed by atoms with van der Waals surface area (Å²) >= 11 is 0. The third kappa shape index (κ3) is 4.23. The van der Waals surface area contributed by atoms with E-state index in [1.807, 2.05) is 25.1 Å². The molecule has 1 N–H and O–H groups in total. The smallest absolute Gasteiger partial charge is 0.278 e. The molecule has 0 aromatic heterocycles. The normalized spacial score (nSPS) is 14.2. The minimum absolute atomic E-state index is 0.203. The Bertz CT molecular complexity index is 847. The number of imide groups is 1. The van der Waals surface area contributed by atoms with E-state index in [4.69, 9.17) is 4.74 Å². The number of anilines is 1. The molecular weight excluding hydrogens is 347 g/mol. The number of nitrogens with one attached hydrogen (secondary N) is 1. The molecule has 140 valence electrons. The first-order chi connectivity index (χ1) is 13.1. The van der Waals surface area contributed by atoms with Crippen LogP contribution in [-0.2, 0) is 14.3 Å². The highest BCUT2D eigenvalue weighted by Crippen LogP contribution is 2.30. The number of nitrogens with zero attached hydrogens (tertiary/aromatic N) is 1. The maximum absolute atomic E-state index is 13.2. The number of hydrogen-bond donors (Lipinski definition) is 1. The van der Waals surface area contributed by atoms with E-state index in [0.29, 0.717) is 36.5 Å². The highest BCUT2D eigenvalue weighted by atomic mass is 19.1. The number of halogens is 1. The number of carbonyl (C=O) groups is 2. The molecule has 2 aromatic carbocycles. The first-order valence-corrected chi connectivity index (χ1v) is 8.88. The van der Waals surface area contributed by atoms with Crippen LogP contribution in [0.3, 0.4) is 0 Å². The topological polar surface area (TPSA) is 58.6 Å². The molecule has 2 aromatic rings. The molecular formula is C21H21FN2O3. The monoisotopic (exact) mass is 368 g/mol. The number of ether oxygens (including phenoxy) is 1. The van der Waals surface area contributed by atoms with Crippen LogP contribution >= 0.6 is 0 Å². The summed E-state index contributed by atoms with van der Waals surface area (Å²) in [5.74, 6) is -1.10. The van der Waals surface area contributed by atoms with Crippen molar-refractivity contribution in [2.45, 2.75) is 13.3 Å². The molecule has 0 spiro atoms. The van der Waals surface area contributed by atoms with Crippen LogP contribution in [0.15, 0.2) is 60.3 Å². The van der Waals surface area contributed by atoms with Crippen molar-refractivity contribution in [2.75, 3.05) is 25.1 Å². The Kier molecular flexibility index (Phi) is 5.98. The molecule has 1 aliphatic heterocycles. The van der Waals surface area contributed by atoms with Gasteiger partial charge in [-0.3, -0.25) is 14.5 Å². The van der Waals surface area contributed by atoms with E-state index < -0.39 is 0 Å². The lowest BCUT2D eigenvalue weighted by atomic mass is 10.0. The highest BCUT2D eigenvalue weighted by molar-refractivity contribution is 6.36. The van der Waals surface area contributed by atoms with Gasteiger partial charge in [-0.05, 0) is 43.2 Å². The number of carbonyl (C=O) groups excluding carboxylic acids is 2. The lowest BCUT2D eigenvalue weighted by Crippen LogP contribution is -2.34. The first-order valence-electron chi connectivity index (χ1n) is 8.88. The molecule has 0 unspecified atom stereocenters. The summed E-state index contributed by atoms with van der Waals surface area (Å²) in [5, 5.41) is 3.00. The zero-order chi connectivity index (χ0) is 19.2. The Morgan fingerprint density at radius 3 is 2.37 bits per heavy atom. The molecule has 27 heavy (non-hydrogen) atoms. The number of rotatable bonds is 8. The fourth-order valence-corrected chi connectivity index (χ4v) is 2.91. The van der Waals surface area contributed by atoms with Crippen molar-refractivity contribution in [3.05, 3.63) is 71.7 Å².